The quantitative estimate of drug-likeness (QED) is 0.789. The molecule has 2 rings (SSSR count). The van der Waals surface area contributed by atoms with Crippen molar-refractivity contribution >= 4 is 11.9 Å². The van der Waals surface area contributed by atoms with E-state index in [9.17, 15) is 9.59 Å². The van der Waals surface area contributed by atoms with Crippen LogP contribution >= 0.6 is 0 Å². The van der Waals surface area contributed by atoms with Crippen molar-refractivity contribution < 1.29 is 9.59 Å². The SMILES string of the molecule is O=C(NC(=O)C1CCCCC1)NC1=CCCC=C1. The monoisotopic (exact) mass is 248 g/mol. The molecule has 0 aromatic rings. The molecule has 98 valence electrons. The van der Waals surface area contributed by atoms with Gasteiger partial charge in [-0.15, -0.1) is 0 Å². The predicted molar refractivity (Wildman–Crippen MR) is 69.7 cm³/mol. The molecule has 2 N–H and O–H groups in total. The van der Waals surface area contributed by atoms with Crippen molar-refractivity contribution in [1.29, 1.82) is 0 Å². The molecule has 0 saturated heterocycles. The molecule has 0 spiro atoms. The fraction of sp³-hybridized carbons (Fsp3) is 0.571. The summed E-state index contributed by atoms with van der Waals surface area (Å²) in [5.74, 6) is -0.118. The van der Waals surface area contributed by atoms with Crippen LogP contribution in [0.4, 0.5) is 4.79 Å². The van der Waals surface area contributed by atoms with Crippen molar-refractivity contribution in [3.63, 3.8) is 0 Å². The lowest BCUT2D eigenvalue weighted by atomic mass is 9.89. The van der Waals surface area contributed by atoms with E-state index in [0.717, 1.165) is 44.2 Å². The van der Waals surface area contributed by atoms with Crippen LogP contribution in [0.2, 0.25) is 0 Å². The summed E-state index contributed by atoms with van der Waals surface area (Å²) in [4.78, 5) is 23.5. The second kappa shape index (κ2) is 6.38. The Labute approximate surface area is 108 Å². The topological polar surface area (TPSA) is 58.2 Å². The summed E-state index contributed by atoms with van der Waals surface area (Å²) in [7, 11) is 0. The van der Waals surface area contributed by atoms with Gasteiger partial charge < -0.3 is 5.32 Å². The molecule has 0 atom stereocenters. The number of imide groups is 1. The van der Waals surface area contributed by atoms with Crippen molar-refractivity contribution in [2.45, 2.75) is 44.9 Å². The van der Waals surface area contributed by atoms with Crippen molar-refractivity contribution in [2.75, 3.05) is 0 Å². The Morgan fingerprint density at radius 2 is 1.89 bits per heavy atom. The highest BCUT2D eigenvalue weighted by molar-refractivity contribution is 5.96. The summed E-state index contributed by atoms with van der Waals surface area (Å²) in [5, 5.41) is 5.13. The Morgan fingerprint density at radius 3 is 2.56 bits per heavy atom. The molecule has 0 heterocycles. The third kappa shape index (κ3) is 3.72. The lowest BCUT2D eigenvalue weighted by Gasteiger charge is -2.20. The zero-order valence-electron chi connectivity index (χ0n) is 10.6. The predicted octanol–water partition coefficient (Wildman–Crippen LogP) is 2.63. The minimum Gasteiger partial charge on any atom is -0.308 e. The number of rotatable bonds is 2. The van der Waals surface area contributed by atoms with Crippen LogP contribution in [0, 0.1) is 5.92 Å². The average Bonchev–Trinajstić information content (AvgIpc) is 2.40. The van der Waals surface area contributed by atoms with E-state index in [1.165, 1.54) is 6.42 Å². The fourth-order valence-electron chi connectivity index (χ4n) is 2.45. The largest absolute Gasteiger partial charge is 0.325 e. The summed E-state index contributed by atoms with van der Waals surface area (Å²) in [5.41, 5.74) is 0.773. The first-order chi connectivity index (χ1) is 8.75. The molecule has 18 heavy (non-hydrogen) atoms. The fourth-order valence-corrected chi connectivity index (χ4v) is 2.45. The molecule has 3 amide bonds. The molecule has 0 aromatic carbocycles. The maximum Gasteiger partial charge on any atom is 0.325 e. The van der Waals surface area contributed by atoms with Gasteiger partial charge in [-0.3, -0.25) is 10.1 Å². The number of carbonyl (C=O) groups excluding carboxylic acids is 2. The number of hydrogen-bond donors (Lipinski definition) is 2. The van der Waals surface area contributed by atoms with Gasteiger partial charge in [0.2, 0.25) is 5.91 Å². The molecule has 1 fully saturated rings. The van der Waals surface area contributed by atoms with Gasteiger partial charge in [-0.1, -0.05) is 31.4 Å². The molecule has 1 saturated carbocycles. The van der Waals surface area contributed by atoms with Crippen LogP contribution in [0.25, 0.3) is 0 Å². The standard InChI is InChI=1S/C14H20N2O2/c17-13(11-7-3-1-4-8-11)16-14(18)15-12-9-5-2-6-10-12/h5,9-11H,1-4,6-8H2,(H2,15,16,17,18). The summed E-state index contributed by atoms with van der Waals surface area (Å²) in [6.07, 6.45) is 13.0. The summed E-state index contributed by atoms with van der Waals surface area (Å²) in [6.45, 7) is 0. The Bertz CT molecular complexity index is 379. The van der Waals surface area contributed by atoms with Gasteiger partial charge in [-0.25, -0.2) is 4.79 Å². The Hall–Kier alpha value is -1.58. The van der Waals surface area contributed by atoms with Crippen LogP contribution in [0.5, 0.6) is 0 Å². The zero-order chi connectivity index (χ0) is 12.8. The zero-order valence-corrected chi connectivity index (χ0v) is 10.6. The molecule has 0 unspecified atom stereocenters. The number of allylic oxidation sites excluding steroid dienone is 3. The van der Waals surface area contributed by atoms with Crippen LogP contribution in [0.15, 0.2) is 23.9 Å². The highest BCUT2D eigenvalue weighted by Crippen LogP contribution is 2.23. The van der Waals surface area contributed by atoms with Crippen molar-refractivity contribution in [2.24, 2.45) is 5.92 Å². The number of amides is 3. The third-order valence-corrected chi connectivity index (χ3v) is 3.47. The van der Waals surface area contributed by atoms with Gasteiger partial charge in [-0.05, 0) is 31.8 Å². The summed E-state index contributed by atoms with van der Waals surface area (Å²) in [6, 6.07) is -0.414. The molecule has 0 aliphatic heterocycles. The molecule has 2 aliphatic rings. The Kier molecular flexibility index (Phi) is 4.56. The van der Waals surface area contributed by atoms with Gasteiger partial charge in [0.15, 0.2) is 0 Å². The highest BCUT2D eigenvalue weighted by atomic mass is 16.2. The second-order valence-corrected chi connectivity index (χ2v) is 4.92. The van der Waals surface area contributed by atoms with Crippen LogP contribution in [0.3, 0.4) is 0 Å². The Balaban J connectivity index is 1.77. The lowest BCUT2D eigenvalue weighted by molar-refractivity contribution is -0.124. The van der Waals surface area contributed by atoms with Gasteiger partial charge in [0.1, 0.15) is 0 Å². The van der Waals surface area contributed by atoms with Gasteiger partial charge in [0, 0.05) is 11.6 Å². The maximum absolute atomic E-state index is 11.8. The van der Waals surface area contributed by atoms with Crippen LogP contribution in [0.1, 0.15) is 44.9 Å². The van der Waals surface area contributed by atoms with E-state index in [2.05, 4.69) is 10.6 Å². The molecule has 0 radical (unpaired) electrons. The van der Waals surface area contributed by atoms with Crippen molar-refractivity contribution in [3.05, 3.63) is 23.9 Å². The average molecular weight is 248 g/mol. The number of hydrogen-bond acceptors (Lipinski definition) is 2. The first kappa shape index (κ1) is 12.9. The maximum atomic E-state index is 11.8. The molecular formula is C14H20N2O2. The third-order valence-electron chi connectivity index (χ3n) is 3.47. The van der Waals surface area contributed by atoms with Gasteiger partial charge in [-0.2, -0.15) is 0 Å². The van der Waals surface area contributed by atoms with Crippen molar-refractivity contribution in [3.8, 4) is 0 Å². The molecule has 2 aliphatic carbocycles. The first-order valence-corrected chi connectivity index (χ1v) is 6.74. The van der Waals surface area contributed by atoms with E-state index in [1.807, 2.05) is 18.2 Å². The van der Waals surface area contributed by atoms with Crippen molar-refractivity contribution in [1.82, 2.24) is 10.6 Å². The van der Waals surface area contributed by atoms with Gasteiger partial charge in [0.25, 0.3) is 0 Å². The molecule has 4 nitrogen and oxygen atoms in total. The molecule has 4 heteroatoms. The minimum absolute atomic E-state index is 0.0142. The van der Waals surface area contributed by atoms with Crippen LogP contribution in [-0.2, 0) is 4.79 Å². The van der Waals surface area contributed by atoms with E-state index >= 15 is 0 Å². The summed E-state index contributed by atoms with van der Waals surface area (Å²) < 4.78 is 0. The van der Waals surface area contributed by atoms with E-state index < -0.39 is 6.03 Å². The lowest BCUT2D eigenvalue weighted by Crippen LogP contribution is -2.42. The van der Waals surface area contributed by atoms with Gasteiger partial charge >= 0.3 is 6.03 Å². The van der Waals surface area contributed by atoms with E-state index in [0.29, 0.717) is 0 Å². The normalized spacial score (nSPS) is 20.1. The number of urea groups is 1. The number of carbonyl (C=O) groups is 2. The summed E-state index contributed by atoms with van der Waals surface area (Å²) >= 11 is 0. The Morgan fingerprint density at radius 1 is 1.11 bits per heavy atom. The van der Waals surface area contributed by atoms with E-state index in [1.54, 1.807) is 0 Å². The second-order valence-electron chi connectivity index (χ2n) is 4.92. The highest BCUT2D eigenvalue weighted by Gasteiger charge is 2.22. The molecular weight excluding hydrogens is 228 g/mol. The smallest absolute Gasteiger partial charge is 0.308 e. The van der Waals surface area contributed by atoms with E-state index in [4.69, 9.17) is 0 Å². The minimum atomic E-state index is -0.414. The first-order valence-electron chi connectivity index (χ1n) is 6.74. The van der Waals surface area contributed by atoms with Crippen LogP contribution in [-0.4, -0.2) is 11.9 Å². The number of nitrogens with one attached hydrogen (secondary N) is 2. The van der Waals surface area contributed by atoms with Gasteiger partial charge in [0.05, 0.1) is 0 Å². The molecule has 0 bridgehead atoms. The molecule has 0 aromatic heterocycles. The van der Waals surface area contributed by atoms with Crippen LogP contribution < -0.4 is 10.6 Å². The van der Waals surface area contributed by atoms with E-state index in [-0.39, 0.29) is 11.8 Å².